The van der Waals surface area contributed by atoms with E-state index in [1.165, 1.54) is 18.2 Å². The highest BCUT2D eigenvalue weighted by Gasteiger charge is 2.41. The lowest BCUT2D eigenvalue weighted by atomic mass is 10.2. The van der Waals surface area contributed by atoms with Crippen LogP contribution >= 0.6 is 23.4 Å². The van der Waals surface area contributed by atoms with Crippen molar-refractivity contribution >= 4 is 29.3 Å². The SMILES string of the molecule is O=C(O)c1ccccc1SC(F)(F)[C@H](F)Cl. The van der Waals surface area contributed by atoms with E-state index in [0.717, 1.165) is 6.07 Å². The summed E-state index contributed by atoms with van der Waals surface area (Å²) in [4.78, 5) is 10.5. The summed E-state index contributed by atoms with van der Waals surface area (Å²) in [6.45, 7) is 0. The van der Waals surface area contributed by atoms with Gasteiger partial charge in [0.1, 0.15) is 0 Å². The van der Waals surface area contributed by atoms with Crippen molar-refractivity contribution in [3.05, 3.63) is 29.8 Å². The third-order valence-corrected chi connectivity index (χ3v) is 3.08. The Bertz CT molecular complexity index is 398. The van der Waals surface area contributed by atoms with Crippen LogP contribution in [0, 0.1) is 0 Å². The van der Waals surface area contributed by atoms with Crippen LogP contribution in [-0.4, -0.2) is 22.0 Å². The predicted molar refractivity (Wildman–Crippen MR) is 55.0 cm³/mol. The first kappa shape index (κ1) is 13.2. The highest BCUT2D eigenvalue weighted by molar-refractivity contribution is 8.00. The Balaban J connectivity index is 3.02. The monoisotopic (exact) mass is 270 g/mol. The molecule has 1 aromatic carbocycles. The normalized spacial score (nSPS) is 13.5. The van der Waals surface area contributed by atoms with Gasteiger partial charge < -0.3 is 5.11 Å². The van der Waals surface area contributed by atoms with Gasteiger partial charge >= 0.3 is 11.2 Å². The molecule has 0 saturated heterocycles. The third kappa shape index (κ3) is 3.05. The zero-order chi connectivity index (χ0) is 12.3. The molecule has 1 rings (SSSR count). The molecular weight excluding hydrogens is 265 g/mol. The van der Waals surface area contributed by atoms with E-state index >= 15 is 0 Å². The first-order chi connectivity index (χ1) is 7.34. The number of carboxylic acids is 1. The van der Waals surface area contributed by atoms with Crippen LogP contribution in [0.1, 0.15) is 10.4 Å². The minimum atomic E-state index is -3.87. The summed E-state index contributed by atoms with van der Waals surface area (Å²) >= 11 is 4.45. The minimum absolute atomic E-state index is 0.212. The molecule has 0 aliphatic carbocycles. The molecule has 1 atom stereocenters. The quantitative estimate of drug-likeness (QED) is 0.671. The Hall–Kier alpha value is -0.880. The lowest BCUT2D eigenvalue weighted by Gasteiger charge is -2.16. The van der Waals surface area contributed by atoms with Gasteiger partial charge in [0.05, 0.1) is 5.56 Å². The molecule has 88 valence electrons. The molecule has 1 N–H and O–H groups in total. The van der Waals surface area contributed by atoms with Gasteiger partial charge in [-0.1, -0.05) is 23.7 Å². The van der Waals surface area contributed by atoms with Gasteiger partial charge in [0, 0.05) is 4.90 Å². The molecule has 0 spiro atoms. The van der Waals surface area contributed by atoms with Gasteiger partial charge in [-0.05, 0) is 23.9 Å². The van der Waals surface area contributed by atoms with Gasteiger partial charge in [0.15, 0.2) is 0 Å². The standard InChI is InChI=1S/C9H6ClF3O2S/c10-8(11)9(12,13)16-6-4-2-1-3-5(6)7(14)15/h1-4,8H,(H,14,15)/t8-/m0/s1. The first-order valence-electron chi connectivity index (χ1n) is 4.02. The van der Waals surface area contributed by atoms with Gasteiger partial charge in [0.25, 0.3) is 0 Å². The Morgan fingerprint density at radius 2 is 2.00 bits per heavy atom. The first-order valence-corrected chi connectivity index (χ1v) is 5.27. The maximum Gasteiger partial charge on any atom is 0.342 e. The van der Waals surface area contributed by atoms with Crippen molar-refractivity contribution in [2.45, 2.75) is 15.8 Å². The molecule has 2 nitrogen and oxygen atoms in total. The molecule has 0 unspecified atom stereocenters. The van der Waals surface area contributed by atoms with E-state index in [1.54, 1.807) is 0 Å². The lowest BCUT2D eigenvalue weighted by molar-refractivity contribution is 0.0536. The maximum atomic E-state index is 12.9. The zero-order valence-electron chi connectivity index (χ0n) is 7.66. The van der Waals surface area contributed by atoms with Crippen molar-refractivity contribution in [2.75, 3.05) is 0 Å². The molecule has 0 bridgehead atoms. The number of alkyl halides is 4. The van der Waals surface area contributed by atoms with Gasteiger partial charge in [-0.3, -0.25) is 0 Å². The fourth-order valence-electron chi connectivity index (χ4n) is 0.923. The number of hydrogen-bond donors (Lipinski definition) is 1. The molecule has 7 heteroatoms. The number of rotatable bonds is 4. The molecule has 16 heavy (non-hydrogen) atoms. The third-order valence-electron chi connectivity index (χ3n) is 1.62. The molecule has 0 fully saturated rings. The van der Waals surface area contributed by atoms with Gasteiger partial charge in [-0.25, -0.2) is 9.18 Å². The summed E-state index contributed by atoms with van der Waals surface area (Å²) in [5.74, 6) is -1.36. The van der Waals surface area contributed by atoms with E-state index < -0.39 is 16.9 Å². The van der Waals surface area contributed by atoms with Crippen molar-refractivity contribution in [3.8, 4) is 0 Å². The molecule has 1 aromatic rings. The summed E-state index contributed by atoms with van der Waals surface area (Å²) in [5.41, 5.74) is -3.19. The highest BCUT2D eigenvalue weighted by Crippen LogP contribution is 2.42. The van der Waals surface area contributed by atoms with E-state index in [9.17, 15) is 18.0 Å². The van der Waals surface area contributed by atoms with E-state index in [1.807, 2.05) is 0 Å². The number of carboxylic acid groups (broad SMARTS) is 1. The summed E-state index contributed by atoms with van der Waals surface area (Å²) in [6, 6.07) is 5.09. The van der Waals surface area contributed by atoms with E-state index in [0.29, 0.717) is 0 Å². The zero-order valence-corrected chi connectivity index (χ0v) is 9.23. The van der Waals surface area contributed by atoms with Crippen molar-refractivity contribution in [3.63, 3.8) is 0 Å². The van der Waals surface area contributed by atoms with E-state index in [-0.39, 0.29) is 22.2 Å². The Kier molecular flexibility index (Phi) is 4.09. The van der Waals surface area contributed by atoms with Crippen molar-refractivity contribution in [2.24, 2.45) is 0 Å². The number of aromatic carboxylic acids is 1. The van der Waals surface area contributed by atoms with Crippen LogP contribution in [-0.2, 0) is 0 Å². The Morgan fingerprint density at radius 1 is 1.44 bits per heavy atom. The molecule has 0 saturated carbocycles. The average molecular weight is 271 g/mol. The van der Waals surface area contributed by atoms with Crippen molar-refractivity contribution < 1.29 is 23.1 Å². The molecule has 0 aromatic heterocycles. The number of halogens is 4. The molecule has 0 radical (unpaired) electrons. The largest absolute Gasteiger partial charge is 0.478 e. The van der Waals surface area contributed by atoms with Crippen molar-refractivity contribution in [1.29, 1.82) is 0 Å². The second kappa shape index (κ2) is 4.97. The van der Waals surface area contributed by atoms with E-state index in [2.05, 4.69) is 11.6 Å². The number of thioether (sulfide) groups is 1. The molecule has 0 amide bonds. The Labute approximate surface area is 98.4 Å². The summed E-state index contributed by atoms with van der Waals surface area (Å²) < 4.78 is 38.2. The average Bonchev–Trinajstić information content (AvgIpc) is 2.17. The molecular formula is C9H6ClF3O2S. The second-order valence-corrected chi connectivity index (χ2v) is 4.34. The van der Waals surface area contributed by atoms with Gasteiger partial charge in [-0.15, -0.1) is 0 Å². The fraction of sp³-hybridized carbons (Fsp3) is 0.222. The maximum absolute atomic E-state index is 12.9. The second-order valence-electron chi connectivity index (χ2n) is 2.77. The number of benzene rings is 1. The smallest absolute Gasteiger partial charge is 0.342 e. The molecule has 0 aliphatic heterocycles. The summed E-state index contributed by atoms with van der Waals surface area (Å²) in [6.07, 6.45) is 0. The van der Waals surface area contributed by atoms with Gasteiger partial charge in [-0.2, -0.15) is 8.78 Å². The topological polar surface area (TPSA) is 37.3 Å². The van der Waals surface area contributed by atoms with E-state index in [4.69, 9.17) is 5.11 Å². The van der Waals surface area contributed by atoms with Crippen LogP contribution in [0.15, 0.2) is 29.2 Å². The van der Waals surface area contributed by atoms with Crippen LogP contribution < -0.4 is 0 Å². The fourth-order valence-corrected chi connectivity index (χ4v) is 1.85. The van der Waals surface area contributed by atoms with Crippen LogP contribution in [0.2, 0.25) is 0 Å². The summed E-state index contributed by atoms with van der Waals surface area (Å²) in [7, 11) is 0. The molecule has 0 heterocycles. The van der Waals surface area contributed by atoms with Crippen LogP contribution in [0.25, 0.3) is 0 Å². The highest BCUT2D eigenvalue weighted by atomic mass is 35.5. The Morgan fingerprint density at radius 3 is 2.50 bits per heavy atom. The van der Waals surface area contributed by atoms with Crippen LogP contribution in [0.5, 0.6) is 0 Å². The van der Waals surface area contributed by atoms with Crippen molar-refractivity contribution in [1.82, 2.24) is 0 Å². The minimum Gasteiger partial charge on any atom is -0.478 e. The number of hydrogen-bond acceptors (Lipinski definition) is 2. The number of carbonyl (C=O) groups is 1. The van der Waals surface area contributed by atoms with Crippen LogP contribution in [0.4, 0.5) is 13.2 Å². The summed E-state index contributed by atoms with van der Waals surface area (Å²) in [5, 5.41) is 4.85. The van der Waals surface area contributed by atoms with Crippen LogP contribution in [0.3, 0.4) is 0 Å². The lowest BCUT2D eigenvalue weighted by Crippen LogP contribution is -2.21. The predicted octanol–water partition coefficient (Wildman–Crippen LogP) is 3.60. The van der Waals surface area contributed by atoms with Gasteiger partial charge in [0.2, 0.25) is 5.63 Å². The molecule has 0 aliphatic rings.